The molecule has 0 saturated heterocycles. The highest BCUT2D eigenvalue weighted by atomic mass is 15.2. The molecule has 0 aliphatic heterocycles. The maximum absolute atomic E-state index is 2.54. The summed E-state index contributed by atoms with van der Waals surface area (Å²) < 4.78 is 0. The van der Waals surface area contributed by atoms with Crippen LogP contribution < -0.4 is 9.80 Å². The number of hydrogen-bond acceptors (Lipinski definition) is 2. The van der Waals surface area contributed by atoms with Crippen LogP contribution in [0.3, 0.4) is 0 Å². The molecule has 0 heterocycles. The molecule has 8 aromatic carbocycles. The quantitative estimate of drug-likeness (QED) is 0.138. The average molecular weight is 733 g/mol. The number of benzene rings is 8. The molecule has 0 N–H and O–H groups in total. The van der Waals surface area contributed by atoms with Gasteiger partial charge in [0, 0.05) is 17.1 Å². The summed E-state index contributed by atoms with van der Waals surface area (Å²) in [6, 6.07) is 78.4. The molecule has 1 atom stereocenters. The van der Waals surface area contributed by atoms with Gasteiger partial charge in [0.2, 0.25) is 0 Å². The maximum Gasteiger partial charge on any atom is 0.0699 e. The molecule has 1 unspecified atom stereocenters. The van der Waals surface area contributed by atoms with E-state index in [1.807, 2.05) is 0 Å². The van der Waals surface area contributed by atoms with Gasteiger partial charge in [0.15, 0.2) is 0 Å². The van der Waals surface area contributed by atoms with Gasteiger partial charge in [0.1, 0.15) is 0 Å². The molecule has 9 rings (SSSR count). The van der Waals surface area contributed by atoms with Crippen molar-refractivity contribution < 1.29 is 0 Å². The molecule has 0 saturated carbocycles. The van der Waals surface area contributed by atoms with E-state index in [2.05, 4.69) is 253 Å². The first-order valence-electron chi connectivity index (χ1n) is 19.7. The number of para-hydroxylation sites is 2. The van der Waals surface area contributed by atoms with Crippen molar-refractivity contribution >= 4 is 34.0 Å². The Labute approximate surface area is 337 Å². The minimum Gasteiger partial charge on any atom is -0.330 e. The topological polar surface area (TPSA) is 6.48 Å². The van der Waals surface area contributed by atoms with Crippen molar-refractivity contribution in [1.82, 2.24) is 0 Å². The van der Waals surface area contributed by atoms with Gasteiger partial charge in [-0.15, -0.1) is 0 Å². The lowest BCUT2D eigenvalue weighted by Crippen LogP contribution is -2.43. The predicted molar refractivity (Wildman–Crippen MR) is 243 cm³/mol. The fourth-order valence-corrected chi connectivity index (χ4v) is 8.01. The lowest BCUT2D eigenvalue weighted by atomic mass is 9.85. The van der Waals surface area contributed by atoms with Crippen LogP contribution in [0.5, 0.6) is 0 Å². The van der Waals surface area contributed by atoms with Crippen molar-refractivity contribution in [3.8, 4) is 33.4 Å². The van der Waals surface area contributed by atoms with Crippen LogP contribution in [0.4, 0.5) is 28.4 Å². The third-order valence-electron chi connectivity index (χ3n) is 11.0. The second-order valence-electron chi connectivity index (χ2n) is 14.8. The second-order valence-corrected chi connectivity index (χ2v) is 14.8. The lowest BCUT2D eigenvalue weighted by molar-refractivity contribution is 0.571. The van der Waals surface area contributed by atoms with E-state index in [1.165, 1.54) is 44.5 Å². The van der Waals surface area contributed by atoms with Gasteiger partial charge >= 0.3 is 0 Å². The number of nitrogens with zero attached hydrogens (tertiary/aromatic N) is 2. The fraction of sp³-hybridized carbons (Fsp3) is 0.0545. The summed E-state index contributed by atoms with van der Waals surface area (Å²) in [7, 11) is 0. The van der Waals surface area contributed by atoms with Gasteiger partial charge in [-0.2, -0.15) is 0 Å². The summed E-state index contributed by atoms with van der Waals surface area (Å²) in [6.45, 7) is 2.36. The van der Waals surface area contributed by atoms with Crippen LogP contribution in [-0.2, 0) is 0 Å². The van der Waals surface area contributed by atoms with Crippen LogP contribution in [-0.4, -0.2) is 5.54 Å². The third-order valence-corrected chi connectivity index (χ3v) is 11.0. The minimum atomic E-state index is -0.372. The first-order valence-corrected chi connectivity index (χ1v) is 19.7. The van der Waals surface area contributed by atoms with Crippen molar-refractivity contribution in [2.24, 2.45) is 0 Å². The lowest BCUT2D eigenvalue weighted by Gasteiger charge is -2.44. The van der Waals surface area contributed by atoms with Crippen LogP contribution in [0.1, 0.15) is 18.9 Å². The molecule has 57 heavy (non-hydrogen) atoms. The molecule has 0 bridgehead atoms. The molecule has 0 aromatic heterocycles. The van der Waals surface area contributed by atoms with Crippen LogP contribution >= 0.6 is 0 Å². The van der Waals surface area contributed by atoms with Gasteiger partial charge in [-0.3, -0.25) is 0 Å². The zero-order chi connectivity index (χ0) is 38.4. The van der Waals surface area contributed by atoms with E-state index in [1.54, 1.807) is 0 Å². The predicted octanol–water partition coefficient (Wildman–Crippen LogP) is 15.1. The number of hydrogen-bond donors (Lipinski definition) is 0. The van der Waals surface area contributed by atoms with Gasteiger partial charge < -0.3 is 9.80 Å². The Kier molecular flexibility index (Phi) is 9.91. The van der Waals surface area contributed by atoms with E-state index in [-0.39, 0.29) is 5.54 Å². The molecule has 274 valence electrons. The fourth-order valence-electron chi connectivity index (χ4n) is 8.01. The number of anilines is 5. The minimum absolute atomic E-state index is 0.372. The van der Waals surface area contributed by atoms with Crippen molar-refractivity contribution in [3.05, 3.63) is 242 Å². The van der Waals surface area contributed by atoms with E-state index in [0.717, 1.165) is 34.9 Å². The van der Waals surface area contributed by atoms with Crippen molar-refractivity contribution in [3.63, 3.8) is 0 Å². The Morgan fingerprint density at radius 3 is 1.11 bits per heavy atom. The van der Waals surface area contributed by atoms with Crippen LogP contribution in [0.2, 0.25) is 0 Å². The van der Waals surface area contributed by atoms with Crippen LogP contribution in [0.15, 0.2) is 237 Å². The molecule has 0 spiro atoms. The molecular formula is C55H44N2. The summed E-state index contributed by atoms with van der Waals surface area (Å²) >= 11 is 0. The average Bonchev–Trinajstić information content (AvgIpc) is 3.29. The van der Waals surface area contributed by atoms with Gasteiger partial charge in [-0.25, -0.2) is 0 Å². The highest BCUT2D eigenvalue weighted by molar-refractivity contribution is 5.90. The highest BCUT2D eigenvalue weighted by Gasteiger charge is 2.34. The van der Waals surface area contributed by atoms with E-state index < -0.39 is 0 Å². The Morgan fingerprint density at radius 2 is 0.702 bits per heavy atom. The summed E-state index contributed by atoms with van der Waals surface area (Å²) in [6.07, 6.45) is 7.92. The molecule has 0 radical (unpaired) electrons. The van der Waals surface area contributed by atoms with E-state index in [0.29, 0.717) is 0 Å². The SMILES string of the molecule is CC1(N(c2ccc(-c3ccccc3)cc2)c2ccccc2N(c2ccc(-c3ccccc3)cc2)c2ccc(-c3ccccc3)cc2)C=CC(c2ccccc2)=CC1. The van der Waals surface area contributed by atoms with Crippen LogP contribution in [0, 0.1) is 0 Å². The number of rotatable bonds is 10. The number of allylic oxidation sites excluding steroid dienone is 2. The van der Waals surface area contributed by atoms with Crippen molar-refractivity contribution in [2.45, 2.75) is 18.9 Å². The molecule has 0 amide bonds. The van der Waals surface area contributed by atoms with Crippen LogP contribution in [0.25, 0.3) is 39.0 Å². The third kappa shape index (κ3) is 7.46. The molecule has 1 aliphatic rings. The Hall–Kier alpha value is -7.16. The Morgan fingerprint density at radius 1 is 0.351 bits per heavy atom. The Bertz CT molecular complexity index is 2530. The van der Waals surface area contributed by atoms with E-state index in [4.69, 9.17) is 0 Å². The molecule has 0 fully saturated rings. The van der Waals surface area contributed by atoms with E-state index in [9.17, 15) is 0 Å². The highest BCUT2D eigenvalue weighted by Crippen LogP contribution is 2.48. The second kappa shape index (κ2) is 15.9. The van der Waals surface area contributed by atoms with Crippen molar-refractivity contribution in [2.75, 3.05) is 9.80 Å². The molecular weight excluding hydrogens is 689 g/mol. The first-order chi connectivity index (χ1) is 28.1. The summed E-state index contributed by atoms with van der Waals surface area (Å²) in [5.74, 6) is 0. The standard InChI is InChI=1S/C55H44N2/c1-55(40-38-49(39-41-55)45-22-12-5-13-23-45)57(52-36-30-48(31-37-52)44-20-10-4-11-21-44)54-25-15-14-24-53(54)56(50-32-26-46(27-33-50)42-16-6-2-7-17-42)51-34-28-47(29-35-51)43-18-8-3-9-19-43/h2-40H,41H2,1H3. The molecule has 1 aliphatic carbocycles. The largest absolute Gasteiger partial charge is 0.330 e. The normalized spacial score (nSPS) is 14.8. The van der Waals surface area contributed by atoms with Gasteiger partial charge in [-0.1, -0.05) is 188 Å². The molecule has 2 heteroatoms. The maximum atomic E-state index is 2.54. The first kappa shape index (κ1) is 35.5. The van der Waals surface area contributed by atoms with Gasteiger partial charge in [-0.05, 0) is 106 Å². The van der Waals surface area contributed by atoms with Gasteiger partial charge in [0.05, 0.1) is 16.9 Å². The zero-order valence-corrected chi connectivity index (χ0v) is 32.1. The summed E-state index contributed by atoms with van der Waals surface area (Å²) in [4.78, 5) is 4.95. The zero-order valence-electron chi connectivity index (χ0n) is 32.1. The monoisotopic (exact) mass is 732 g/mol. The smallest absolute Gasteiger partial charge is 0.0699 e. The Balaban J connectivity index is 1.19. The summed E-state index contributed by atoms with van der Waals surface area (Å²) in [5.41, 5.74) is 14.8. The molecule has 2 nitrogen and oxygen atoms in total. The molecule has 8 aromatic rings. The van der Waals surface area contributed by atoms with Gasteiger partial charge in [0.25, 0.3) is 0 Å². The van der Waals surface area contributed by atoms with E-state index >= 15 is 0 Å². The van der Waals surface area contributed by atoms with Crippen molar-refractivity contribution in [1.29, 1.82) is 0 Å². The summed E-state index contributed by atoms with van der Waals surface area (Å²) in [5, 5.41) is 0.